The van der Waals surface area contributed by atoms with Crippen LogP contribution in [0.25, 0.3) is 0 Å². The molecule has 0 N–H and O–H groups in total. The molecular weight excluding hydrogens is 268 g/mol. The monoisotopic (exact) mass is 302 g/mol. The molecule has 2 aliphatic carbocycles. The van der Waals surface area contributed by atoms with Gasteiger partial charge in [-0.3, -0.25) is 0 Å². The molecule has 1 heteroatoms. The van der Waals surface area contributed by atoms with Crippen molar-refractivity contribution >= 4 is 6.29 Å². The Morgan fingerprint density at radius 1 is 1.45 bits per heavy atom. The van der Waals surface area contributed by atoms with E-state index in [9.17, 15) is 4.79 Å². The standard InChI is InChI=1S/C21H34O/c1-16(2)8-6-12-20(4)13-7-9-19-18(20)11-10-17(3)21(19,5)14-15-22/h11,15,17,19H,1,6-10,12-14H2,2-5H3/t17-,19-,20-,21+/m0/s1. The van der Waals surface area contributed by atoms with Crippen molar-refractivity contribution < 1.29 is 4.79 Å². The van der Waals surface area contributed by atoms with E-state index in [0.29, 0.717) is 17.3 Å². The second-order valence-electron chi connectivity index (χ2n) is 8.49. The molecule has 1 saturated carbocycles. The van der Waals surface area contributed by atoms with Gasteiger partial charge in [-0.1, -0.05) is 44.4 Å². The molecule has 0 aromatic rings. The van der Waals surface area contributed by atoms with Crippen molar-refractivity contribution in [3.05, 3.63) is 23.8 Å². The molecule has 0 saturated heterocycles. The quantitative estimate of drug-likeness (QED) is 0.428. The van der Waals surface area contributed by atoms with E-state index in [2.05, 4.69) is 40.3 Å². The van der Waals surface area contributed by atoms with Gasteiger partial charge in [0.05, 0.1) is 0 Å². The number of fused-ring (bicyclic) bond motifs is 1. The Labute approximate surface area is 137 Å². The molecule has 1 fully saturated rings. The van der Waals surface area contributed by atoms with Gasteiger partial charge in [0.2, 0.25) is 0 Å². The zero-order valence-electron chi connectivity index (χ0n) is 15.1. The van der Waals surface area contributed by atoms with Crippen LogP contribution in [0.4, 0.5) is 0 Å². The number of carbonyl (C=O) groups is 1. The summed E-state index contributed by atoms with van der Waals surface area (Å²) in [4.78, 5) is 11.3. The molecule has 4 atom stereocenters. The van der Waals surface area contributed by atoms with Gasteiger partial charge in [0.15, 0.2) is 0 Å². The summed E-state index contributed by atoms with van der Waals surface area (Å²) in [6.07, 6.45) is 13.1. The molecule has 2 rings (SSSR count). The predicted octanol–water partition coefficient (Wildman–Crippen LogP) is 6.10. The zero-order valence-corrected chi connectivity index (χ0v) is 15.1. The van der Waals surface area contributed by atoms with E-state index >= 15 is 0 Å². The Balaban J connectivity index is 2.22. The molecule has 0 aromatic heterocycles. The first-order valence-corrected chi connectivity index (χ1v) is 9.12. The van der Waals surface area contributed by atoms with E-state index in [-0.39, 0.29) is 5.41 Å². The maximum absolute atomic E-state index is 11.3. The van der Waals surface area contributed by atoms with Crippen molar-refractivity contribution in [2.75, 3.05) is 0 Å². The minimum Gasteiger partial charge on any atom is -0.303 e. The van der Waals surface area contributed by atoms with E-state index in [1.165, 1.54) is 37.7 Å². The van der Waals surface area contributed by atoms with Gasteiger partial charge in [0.25, 0.3) is 0 Å². The average Bonchev–Trinajstić information content (AvgIpc) is 2.44. The zero-order chi connectivity index (χ0) is 16.4. The third-order valence-electron chi connectivity index (χ3n) is 6.76. The molecule has 0 bridgehead atoms. The number of hydrogen-bond donors (Lipinski definition) is 0. The summed E-state index contributed by atoms with van der Waals surface area (Å²) in [5, 5.41) is 0. The minimum absolute atomic E-state index is 0.169. The van der Waals surface area contributed by atoms with Crippen molar-refractivity contribution in [3.63, 3.8) is 0 Å². The van der Waals surface area contributed by atoms with Crippen molar-refractivity contribution in [3.8, 4) is 0 Å². The van der Waals surface area contributed by atoms with Crippen LogP contribution in [0.2, 0.25) is 0 Å². The normalized spacial score (nSPS) is 38.1. The SMILES string of the molecule is C=C(C)CCC[C@@]1(C)CCC[C@H]2C1=CC[C@H](C)[C@@]2(C)CC=O. The first kappa shape index (κ1) is 17.5. The van der Waals surface area contributed by atoms with Gasteiger partial charge in [-0.15, -0.1) is 6.58 Å². The molecule has 0 unspecified atom stereocenters. The summed E-state index contributed by atoms with van der Waals surface area (Å²) >= 11 is 0. The van der Waals surface area contributed by atoms with Gasteiger partial charge in [-0.2, -0.15) is 0 Å². The van der Waals surface area contributed by atoms with E-state index in [4.69, 9.17) is 0 Å². The summed E-state index contributed by atoms with van der Waals surface area (Å²) in [6.45, 7) is 13.4. The molecule has 124 valence electrons. The van der Waals surface area contributed by atoms with Gasteiger partial charge in [0.1, 0.15) is 6.29 Å². The van der Waals surface area contributed by atoms with Crippen molar-refractivity contribution in [2.45, 2.75) is 79.1 Å². The summed E-state index contributed by atoms with van der Waals surface area (Å²) in [6, 6.07) is 0. The molecule has 0 heterocycles. The van der Waals surface area contributed by atoms with Gasteiger partial charge in [-0.25, -0.2) is 0 Å². The van der Waals surface area contributed by atoms with Crippen LogP contribution < -0.4 is 0 Å². The number of allylic oxidation sites excluding steroid dienone is 3. The molecule has 0 radical (unpaired) electrons. The van der Waals surface area contributed by atoms with Crippen LogP contribution in [0.1, 0.15) is 79.1 Å². The third-order valence-corrected chi connectivity index (χ3v) is 6.76. The molecule has 1 nitrogen and oxygen atoms in total. The Morgan fingerprint density at radius 2 is 2.18 bits per heavy atom. The Hall–Kier alpha value is -0.850. The first-order chi connectivity index (χ1) is 10.3. The first-order valence-electron chi connectivity index (χ1n) is 9.12. The van der Waals surface area contributed by atoms with E-state index < -0.39 is 0 Å². The average molecular weight is 303 g/mol. The molecule has 0 amide bonds. The molecule has 2 aliphatic rings. The summed E-state index contributed by atoms with van der Waals surface area (Å²) in [5.41, 5.74) is 3.50. The van der Waals surface area contributed by atoms with E-state index in [1.807, 2.05) is 0 Å². The molecule has 0 aliphatic heterocycles. The van der Waals surface area contributed by atoms with Crippen LogP contribution in [0, 0.1) is 22.7 Å². The lowest BCUT2D eigenvalue weighted by atomic mass is 9.51. The smallest absolute Gasteiger partial charge is 0.120 e. The maximum Gasteiger partial charge on any atom is 0.120 e. The topological polar surface area (TPSA) is 17.1 Å². The molecule has 22 heavy (non-hydrogen) atoms. The summed E-state index contributed by atoms with van der Waals surface area (Å²) in [7, 11) is 0. The van der Waals surface area contributed by atoms with Crippen LogP contribution >= 0.6 is 0 Å². The third kappa shape index (κ3) is 3.24. The second kappa shape index (κ2) is 6.72. The molecule has 0 spiro atoms. The van der Waals surface area contributed by atoms with Gasteiger partial charge < -0.3 is 4.79 Å². The summed E-state index contributed by atoms with van der Waals surface area (Å²) < 4.78 is 0. The van der Waals surface area contributed by atoms with E-state index in [0.717, 1.165) is 25.5 Å². The fourth-order valence-electron chi connectivity index (χ4n) is 4.98. The largest absolute Gasteiger partial charge is 0.303 e. The fourth-order valence-corrected chi connectivity index (χ4v) is 4.98. The minimum atomic E-state index is 0.169. The lowest BCUT2D eigenvalue weighted by Crippen LogP contribution is -2.44. The number of hydrogen-bond acceptors (Lipinski definition) is 1. The van der Waals surface area contributed by atoms with Gasteiger partial charge in [0, 0.05) is 6.42 Å². The highest BCUT2D eigenvalue weighted by Crippen LogP contribution is 2.58. The second-order valence-corrected chi connectivity index (χ2v) is 8.49. The van der Waals surface area contributed by atoms with Crippen LogP contribution in [0.15, 0.2) is 23.8 Å². The highest BCUT2D eigenvalue weighted by molar-refractivity contribution is 5.51. The van der Waals surface area contributed by atoms with Crippen LogP contribution in [-0.2, 0) is 4.79 Å². The van der Waals surface area contributed by atoms with Crippen molar-refractivity contribution in [2.24, 2.45) is 22.7 Å². The maximum atomic E-state index is 11.3. The molecular formula is C21H34O. The Kier molecular flexibility index (Phi) is 5.35. The van der Waals surface area contributed by atoms with Crippen molar-refractivity contribution in [1.82, 2.24) is 0 Å². The fraction of sp³-hybridized carbons (Fsp3) is 0.762. The van der Waals surface area contributed by atoms with Gasteiger partial charge >= 0.3 is 0 Å². The van der Waals surface area contributed by atoms with Crippen LogP contribution in [-0.4, -0.2) is 6.29 Å². The lowest BCUT2D eigenvalue weighted by molar-refractivity contribution is -0.111. The van der Waals surface area contributed by atoms with Gasteiger partial charge in [-0.05, 0) is 68.1 Å². The van der Waals surface area contributed by atoms with Crippen LogP contribution in [0.5, 0.6) is 0 Å². The highest BCUT2D eigenvalue weighted by Gasteiger charge is 2.48. The highest BCUT2D eigenvalue weighted by atomic mass is 16.1. The number of carbonyl (C=O) groups excluding carboxylic acids is 1. The van der Waals surface area contributed by atoms with Crippen LogP contribution in [0.3, 0.4) is 0 Å². The van der Waals surface area contributed by atoms with Crippen molar-refractivity contribution in [1.29, 1.82) is 0 Å². The number of rotatable bonds is 6. The predicted molar refractivity (Wildman–Crippen MR) is 94.8 cm³/mol. The number of aldehydes is 1. The Bertz CT molecular complexity index is 461. The lowest BCUT2D eigenvalue weighted by Gasteiger charge is -2.53. The Morgan fingerprint density at radius 3 is 2.82 bits per heavy atom. The molecule has 0 aromatic carbocycles. The summed E-state index contributed by atoms with van der Waals surface area (Å²) in [5.74, 6) is 1.23. The van der Waals surface area contributed by atoms with E-state index in [1.54, 1.807) is 5.57 Å².